The lowest BCUT2D eigenvalue weighted by atomic mass is 9.96. The molecule has 3 N–H and O–H groups in total. The molecule has 2 amide bonds. The SMILES string of the molecule is COc1cc2[nH]c(=O)n(CCCCCC(=O)N3CCC(C(N)=O)CC3)c(=O)c2cc1OC. The molecule has 3 rings (SSSR count). The first-order chi connectivity index (χ1) is 15.3. The quantitative estimate of drug-likeness (QED) is 0.551. The molecule has 0 aliphatic carbocycles. The fourth-order valence-corrected chi connectivity index (χ4v) is 4.08. The maximum Gasteiger partial charge on any atom is 0.328 e. The molecule has 0 atom stereocenters. The van der Waals surface area contributed by atoms with Gasteiger partial charge in [-0.15, -0.1) is 0 Å². The van der Waals surface area contributed by atoms with E-state index in [9.17, 15) is 19.2 Å². The minimum atomic E-state index is -0.483. The number of piperidine rings is 1. The molecular formula is C22H30N4O6. The second kappa shape index (κ2) is 10.3. The number of amides is 2. The molecule has 0 saturated carbocycles. The maximum absolute atomic E-state index is 12.8. The number of ether oxygens (including phenoxy) is 2. The molecule has 1 aromatic heterocycles. The monoisotopic (exact) mass is 446 g/mol. The molecule has 10 nitrogen and oxygen atoms in total. The molecule has 10 heteroatoms. The van der Waals surface area contributed by atoms with Crippen molar-refractivity contribution in [3.8, 4) is 11.5 Å². The third-order valence-electron chi connectivity index (χ3n) is 6.01. The van der Waals surface area contributed by atoms with Crippen LogP contribution in [0.5, 0.6) is 11.5 Å². The van der Waals surface area contributed by atoms with Gasteiger partial charge in [-0.3, -0.25) is 19.0 Å². The molecule has 174 valence electrons. The number of aromatic nitrogens is 2. The Labute approximate surface area is 185 Å². The second-order valence-corrected chi connectivity index (χ2v) is 8.01. The van der Waals surface area contributed by atoms with Gasteiger partial charge >= 0.3 is 5.69 Å². The highest BCUT2D eigenvalue weighted by Crippen LogP contribution is 2.29. The van der Waals surface area contributed by atoms with Crippen molar-refractivity contribution < 1.29 is 19.1 Å². The standard InChI is InChI=1S/C22H30N4O6/c1-31-17-12-15-16(13-18(17)32-2)24-22(30)26(21(15)29)9-5-3-4-6-19(27)25-10-7-14(8-11-25)20(23)28/h12-14H,3-11H2,1-2H3,(H2,23,28)(H,24,30). The number of benzene rings is 1. The zero-order chi connectivity index (χ0) is 23.3. The average molecular weight is 447 g/mol. The molecule has 1 saturated heterocycles. The Morgan fingerprint density at radius 3 is 2.34 bits per heavy atom. The lowest BCUT2D eigenvalue weighted by Gasteiger charge is -2.30. The number of aromatic amines is 1. The van der Waals surface area contributed by atoms with Gasteiger partial charge < -0.3 is 25.1 Å². The van der Waals surface area contributed by atoms with Crippen molar-refractivity contribution in [1.29, 1.82) is 0 Å². The number of nitrogens with two attached hydrogens (primary N) is 1. The van der Waals surface area contributed by atoms with Gasteiger partial charge in [0.15, 0.2) is 11.5 Å². The van der Waals surface area contributed by atoms with E-state index in [0.29, 0.717) is 74.0 Å². The smallest absolute Gasteiger partial charge is 0.328 e. The first kappa shape index (κ1) is 23.4. The second-order valence-electron chi connectivity index (χ2n) is 8.01. The van der Waals surface area contributed by atoms with Gasteiger partial charge in [0, 0.05) is 38.0 Å². The molecule has 0 radical (unpaired) electrons. The van der Waals surface area contributed by atoms with Crippen LogP contribution in [0.3, 0.4) is 0 Å². The van der Waals surface area contributed by atoms with Crippen molar-refractivity contribution in [3.05, 3.63) is 33.0 Å². The summed E-state index contributed by atoms with van der Waals surface area (Å²) >= 11 is 0. The molecule has 2 heterocycles. The highest BCUT2D eigenvalue weighted by molar-refractivity contribution is 5.81. The van der Waals surface area contributed by atoms with Gasteiger partial charge in [0.05, 0.1) is 25.1 Å². The Morgan fingerprint density at radius 2 is 1.72 bits per heavy atom. The summed E-state index contributed by atoms with van der Waals surface area (Å²) in [5.74, 6) is 0.465. The number of fused-ring (bicyclic) bond motifs is 1. The summed E-state index contributed by atoms with van der Waals surface area (Å²) in [6.45, 7) is 1.38. The summed E-state index contributed by atoms with van der Waals surface area (Å²) in [7, 11) is 2.96. The zero-order valence-electron chi connectivity index (χ0n) is 18.5. The number of methoxy groups -OCH3 is 2. The van der Waals surface area contributed by atoms with E-state index < -0.39 is 11.2 Å². The predicted molar refractivity (Wildman–Crippen MR) is 119 cm³/mol. The minimum absolute atomic E-state index is 0.0645. The van der Waals surface area contributed by atoms with Crippen molar-refractivity contribution in [3.63, 3.8) is 0 Å². The van der Waals surface area contributed by atoms with Crippen LogP contribution >= 0.6 is 0 Å². The third-order valence-corrected chi connectivity index (χ3v) is 6.01. The Bertz CT molecular complexity index is 1100. The first-order valence-corrected chi connectivity index (χ1v) is 10.8. The van der Waals surface area contributed by atoms with Crippen LogP contribution < -0.4 is 26.5 Å². The van der Waals surface area contributed by atoms with Crippen molar-refractivity contribution in [1.82, 2.24) is 14.5 Å². The number of carbonyl (C=O) groups is 2. The molecule has 1 fully saturated rings. The number of primary amides is 1. The van der Waals surface area contributed by atoms with E-state index in [1.54, 1.807) is 17.0 Å². The molecule has 0 spiro atoms. The minimum Gasteiger partial charge on any atom is -0.493 e. The van der Waals surface area contributed by atoms with Gasteiger partial charge in [-0.05, 0) is 31.7 Å². The maximum atomic E-state index is 12.8. The van der Waals surface area contributed by atoms with Crippen LogP contribution in [0.15, 0.2) is 21.7 Å². The van der Waals surface area contributed by atoms with Crippen LogP contribution in [-0.2, 0) is 16.1 Å². The number of hydrogen-bond acceptors (Lipinski definition) is 6. The molecule has 0 bridgehead atoms. The lowest BCUT2D eigenvalue weighted by molar-refractivity contribution is -0.135. The number of nitrogens with one attached hydrogen (secondary N) is 1. The zero-order valence-corrected chi connectivity index (χ0v) is 18.5. The highest BCUT2D eigenvalue weighted by Gasteiger charge is 2.25. The van der Waals surface area contributed by atoms with Gasteiger partial charge in [0.1, 0.15) is 0 Å². The van der Waals surface area contributed by atoms with E-state index in [2.05, 4.69) is 4.98 Å². The van der Waals surface area contributed by atoms with E-state index in [4.69, 9.17) is 15.2 Å². The summed E-state index contributed by atoms with van der Waals surface area (Å²) in [5, 5.41) is 0.344. The topological polar surface area (TPSA) is 137 Å². The van der Waals surface area contributed by atoms with Crippen LogP contribution in [0, 0.1) is 5.92 Å². The van der Waals surface area contributed by atoms with E-state index in [1.165, 1.54) is 18.8 Å². The van der Waals surface area contributed by atoms with Gasteiger partial charge in [-0.25, -0.2) is 4.79 Å². The molecule has 0 unspecified atom stereocenters. The van der Waals surface area contributed by atoms with Crippen molar-refractivity contribution in [2.24, 2.45) is 11.7 Å². The Morgan fingerprint density at radius 1 is 1.06 bits per heavy atom. The number of H-pyrrole nitrogens is 1. The number of nitrogens with zero attached hydrogens (tertiary/aromatic N) is 2. The Kier molecular flexibility index (Phi) is 7.55. The van der Waals surface area contributed by atoms with E-state index in [-0.39, 0.29) is 24.3 Å². The molecule has 32 heavy (non-hydrogen) atoms. The predicted octanol–water partition coefficient (Wildman–Crippen LogP) is 0.991. The van der Waals surface area contributed by atoms with Crippen LogP contribution in [0.1, 0.15) is 38.5 Å². The Balaban J connectivity index is 1.54. The number of carbonyl (C=O) groups excluding carboxylic acids is 2. The summed E-state index contributed by atoms with van der Waals surface area (Å²) in [6, 6.07) is 3.13. The van der Waals surface area contributed by atoms with Gasteiger partial charge in [0.2, 0.25) is 11.8 Å². The summed E-state index contributed by atoms with van der Waals surface area (Å²) in [5.41, 5.74) is 4.84. The number of likely N-dealkylation sites (tertiary alicyclic amines) is 1. The van der Waals surface area contributed by atoms with Crippen LogP contribution in [0.25, 0.3) is 10.9 Å². The van der Waals surface area contributed by atoms with Crippen LogP contribution in [0.2, 0.25) is 0 Å². The third kappa shape index (κ3) is 5.12. The number of hydrogen-bond donors (Lipinski definition) is 2. The van der Waals surface area contributed by atoms with Crippen LogP contribution in [-0.4, -0.2) is 53.6 Å². The molecule has 1 aromatic carbocycles. The van der Waals surface area contributed by atoms with E-state index in [0.717, 1.165) is 0 Å². The van der Waals surface area contributed by atoms with E-state index in [1.807, 2.05) is 0 Å². The molecule has 1 aliphatic heterocycles. The molecule has 1 aliphatic rings. The van der Waals surface area contributed by atoms with Gasteiger partial charge in [0.25, 0.3) is 5.56 Å². The van der Waals surface area contributed by atoms with E-state index >= 15 is 0 Å². The van der Waals surface area contributed by atoms with Crippen molar-refractivity contribution >= 4 is 22.7 Å². The summed E-state index contributed by atoms with van der Waals surface area (Å²) < 4.78 is 11.6. The first-order valence-electron chi connectivity index (χ1n) is 10.8. The normalized spacial score (nSPS) is 14.5. The fraction of sp³-hybridized carbons (Fsp3) is 0.545. The molecular weight excluding hydrogens is 416 g/mol. The van der Waals surface area contributed by atoms with Crippen molar-refractivity contribution in [2.45, 2.75) is 45.1 Å². The number of unbranched alkanes of at least 4 members (excludes halogenated alkanes) is 2. The Hall–Kier alpha value is -3.30. The van der Waals surface area contributed by atoms with Gasteiger partial charge in [-0.1, -0.05) is 6.42 Å². The van der Waals surface area contributed by atoms with Crippen molar-refractivity contribution in [2.75, 3.05) is 27.3 Å². The fourth-order valence-electron chi connectivity index (χ4n) is 4.08. The largest absolute Gasteiger partial charge is 0.493 e. The average Bonchev–Trinajstić information content (AvgIpc) is 2.79. The molecule has 2 aromatic rings. The summed E-state index contributed by atoms with van der Waals surface area (Å²) in [4.78, 5) is 53.3. The highest BCUT2D eigenvalue weighted by atomic mass is 16.5. The lowest BCUT2D eigenvalue weighted by Crippen LogP contribution is -2.41. The van der Waals surface area contributed by atoms with Gasteiger partial charge in [-0.2, -0.15) is 0 Å². The van der Waals surface area contributed by atoms with Crippen LogP contribution in [0.4, 0.5) is 0 Å². The summed E-state index contributed by atoms with van der Waals surface area (Å²) in [6.07, 6.45) is 3.61. The number of rotatable bonds is 9.